The van der Waals surface area contributed by atoms with Crippen LogP contribution in [0.25, 0.3) is 11.3 Å². The molecule has 0 unspecified atom stereocenters. The molecule has 1 amide bonds. The van der Waals surface area contributed by atoms with Crippen LogP contribution in [0.4, 0.5) is 5.13 Å². The van der Waals surface area contributed by atoms with Gasteiger partial charge in [0.05, 0.1) is 12.8 Å². The van der Waals surface area contributed by atoms with Crippen molar-refractivity contribution < 1.29 is 14.3 Å². The van der Waals surface area contributed by atoms with Gasteiger partial charge in [0.1, 0.15) is 5.75 Å². The summed E-state index contributed by atoms with van der Waals surface area (Å²) in [5, 5.41) is 3.42. The summed E-state index contributed by atoms with van der Waals surface area (Å²) in [6.45, 7) is 2.12. The zero-order chi connectivity index (χ0) is 21.5. The third-order valence-electron chi connectivity index (χ3n) is 4.53. The number of anilines is 1. The van der Waals surface area contributed by atoms with Gasteiger partial charge in [0, 0.05) is 33.3 Å². The van der Waals surface area contributed by atoms with Gasteiger partial charge in [-0.05, 0) is 42.8 Å². The number of rotatable bonds is 9. The van der Waals surface area contributed by atoms with E-state index in [4.69, 9.17) is 4.74 Å². The number of halogens is 1. The van der Waals surface area contributed by atoms with Crippen LogP contribution < -0.4 is 10.1 Å². The number of aryl methyl sites for hydroxylation is 1. The number of aromatic nitrogens is 1. The van der Waals surface area contributed by atoms with Crippen LogP contribution in [0.15, 0.2) is 53.0 Å². The quantitative estimate of drug-likeness (QED) is 0.369. The monoisotopic (exact) mass is 486 g/mol. The van der Waals surface area contributed by atoms with Crippen molar-refractivity contribution in [3.8, 4) is 17.0 Å². The van der Waals surface area contributed by atoms with Gasteiger partial charge < -0.3 is 10.1 Å². The Morgan fingerprint density at radius 2 is 1.77 bits per heavy atom. The van der Waals surface area contributed by atoms with Crippen molar-refractivity contribution in [1.82, 2.24) is 4.98 Å². The summed E-state index contributed by atoms with van der Waals surface area (Å²) < 4.78 is 6.10. The third-order valence-corrected chi connectivity index (χ3v) is 6.09. The van der Waals surface area contributed by atoms with E-state index in [1.54, 1.807) is 31.4 Å². The van der Waals surface area contributed by atoms with Gasteiger partial charge in [0.25, 0.3) is 0 Å². The van der Waals surface area contributed by atoms with E-state index < -0.39 is 0 Å². The van der Waals surface area contributed by atoms with Gasteiger partial charge in [-0.1, -0.05) is 41.4 Å². The van der Waals surface area contributed by atoms with Gasteiger partial charge in [-0.2, -0.15) is 0 Å². The first-order valence-electron chi connectivity index (χ1n) is 9.73. The van der Waals surface area contributed by atoms with Gasteiger partial charge in [0.2, 0.25) is 5.91 Å². The fourth-order valence-electron chi connectivity index (χ4n) is 2.97. The number of thiazole rings is 1. The van der Waals surface area contributed by atoms with Gasteiger partial charge in [0.15, 0.2) is 10.9 Å². The molecule has 30 heavy (non-hydrogen) atoms. The zero-order valence-corrected chi connectivity index (χ0v) is 19.3. The van der Waals surface area contributed by atoms with Crippen LogP contribution in [0, 0.1) is 0 Å². The van der Waals surface area contributed by atoms with E-state index in [0.717, 1.165) is 33.4 Å². The summed E-state index contributed by atoms with van der Waals surface area (Å²) in [6.07, 6.45) is 2.15. The molecule has 2 aromatic carbocycles. The molecule has 0 saturated heterocycles. The van der Waals surface area contributed by atoms with Crippen molar-refractivity contribution in [2.75, 3.05) is 12.4 Å². The molecule has 1 heterocycles. The Morgan fingerprint density at radius 1 is 1.07 bits per heavy atom. The van der Waals surface area contributed by atoms with E-state index in [1.165, 1.54) is 11.3 Å². The fourth-order valence-corrected chi connectivity index (χ4v) is 4.33. The normalized spacial score (nSPS) is 10.6. The first-order chi connectivity index (χ1) is 14.5. The van der Waals surface area contributed by atoms with Crippen LogP contribution in [0.1, 0.15) is 41.4 Å². The average molecular weight is 487 g/mol. The first kappa shape index (κ1) is 22.2. The van der Waals surface area contributed by atoms with Crippen molar-refractivity contribution in [2.24, 2.45) is 0 Å². The smallest absolute Gasteiger partial charge is 0.226 e. The van der Waals surface area contributed by atoms with E-state index in [-0.39, 0.29) is 24.5 Å². The number of carbonyl (C=O) groups is 2. The number of ether oxygens (including phenoxy) is 1. The van der Waals surface area contributed by atoms with Crippen molar-refractivity contribution >= 4 is 44.1 Å². The second kappa shape index (κ2) is 10.5. The predicted octanol–water partition coefficient (Wildman–Crippen LogP) is 6.14. The molecular weight excluding hydrogens is 464 g/mol. The molecule has 1 aromatic heterocycles. The van der Waals surface area contributed by atoms with Crippen LogP contribution in [-0.4, -0.2) is 23.8 Å². The van der Waals surface area contributed by atoms with Crippen LogP contribution in [-0.2, 0) is 11.2 Å². The molecule has 0 bridgehead atoms. The minimum Gasteiger partial charge on any atom is -0.497 e. The number of nitrogens with one attached hydrogen (secondary N) is 1. The average Bonchev–Trinajstić information content (AvgIpc) is 3.15. The van der Waals surface area contributed by atoms with Gasteiger partial charge in [-0.15, -0.1) is 11.3 Å². The topological polar surface area (TPSA) is 68.3 Å². The van der Waals surface area contributed by atoms with Gasteiger partial charge in [-0.3, -0.25) is 9.59 Å². The highest BCUT2D eigenvalue weighted by Gasteiger charge is 2.15. The lowest BCUT2D eigenvalue weighted by Gasteiger charge is -2.04. The molecule has 0 spiro atoms. The molecule has 7 heteroatoms. The van der Waals surface area contributed by atoms with E-state index >= 15 is 0 Å². The van der Waals surface area contributed by atoms with Gasteiger partial charge in [-0.25, -0.2) is 4.98 Å². The Hall–Kier alpha value is -2.51. The standard InChI is InChI=1S/C23H23BrN2O3S/c1-3-4-20-22(16-5-9-17(24)10-6-16)26-23(30-20)25-21(28)14-13-19(27)15-7-11-18(29-2)12-8-15/h5-12H,3-4,13-14H2,1-2H3,(H,25,26,28). The molecule has 1 N–H and O–H groups in total. The van der Waals surface area contributed by atoms with Crippen LogP contribution in [0.5, 0.6) is 5.75 Å². The van der Waals surface area contributed by atoms with E-state index in [1.807, 2.05) is 24.3 Å². The Balaban J connectivity index is 1.63. The molecule has 0 aliphatic heterocycles. The molecule has 5 nitrogen and oxygen atoms in total. The highest BCUT2D eigenvalue weighted by atomic mass is 79.9. The highest BCUT2D eigenvalue weighted by molar-refractivity contribution is 9.10. The molecule has 0 aliphatic carbocycles. The lowest BCUT2D eigenvalue weighted by Crippen LogP contribution is -2.13. The zero-order valence-electron chi connectivity index (χ0n) is 16.9. The lowest BCUT2D eigenvalue weighted by atomic mass is 10.1. The van der Waals surface area contributed by atoms with Crippen LogP contribution >= 0.6 is 27.3 Å². The van der Waals surface area contributed by atoms with E-state index in [2.05, 4.69) is 33.2 Å². The number of ketones is 1. The second-order valence-electron chi connectivity index (χ2n) is 6.75. The van der Waals surface area contributed by atoms with Crippen molar-refractivity contribution in [1.29, 1.82) is 0 Å². The number of Topliss-reactive ketones (excluding diaryl/α,β-unsaturated/α-hetero) is 1. The molecular formula is C23H23BrN2O3S. The summed E-state index contributed by atoms with van der Waals surface area (Å²) in [6, 6.07) is 14.9. The van der Waals surface area contributed by atoms with Crippen LogP contribution in [0.3, 0.4) is 0 Å². The number of nitrogens with zero attached hydrogens (tertiary/aromatic N) is 1. The van der Waals surface area contributed by atoms with Crippen molar-refractivity contribution in [3.63, 3.8) is 0 Å². The summed E-state index contributed by atoms with van der Waals surface area (Å²) in [7, 11) is 1.58. The number of carbonyl (C=O) groups excluding carboxylic acids is 2. The summed E-state index contributed by atoms with van der Waals surface area (Å²) in [4.78, 5) is 30.5. The SMILES string of the molecule is CCCc1sc(NC(=O)CCC(=O)c2ccc(OC)cc2)nc1-c1ccc(Br)cc1. The Morgan fingerprint density at radius 3 is 2.40 bits per heavy atom. The highest BCUT2D eigenvalue weighted by Crippen LogP contribution is 2.33. The Kier molecular flexibility index (Phi) is 7.76. The Labute approximate surface area is 188 Å². The molecule has 3 aromatic rings. The molecule has 0 radical (unpaired) electrons. The minimum atomic E-state index is -0.212. The largest absolute Gasteiger partial charge is 0.497 e. The maximum Gasteiger partial charge on any atom is 0.226 e. The molecule has 0 atom stereocenters. The summed E-state index contributed by atoms with van der Waals surface area (Å²) in [5.74, 6) is 0.405. The molecule has 0 aliphatic rings. The maximum absolute atomic E-state index is 12.4. The third kappa shape index (κ3) is 5.77. The Bertz CT molecular complexity index is 1010. The van der Waals surface area contributed by atoms with Crippen molar-refractivity contribution in [3.05, 3.63) is 63.4 Å². The fraction of sp³-hybridized carbons (Fsp3) is 0.261. The number of methoxy groups -OCH3 is 1. The molecule has 0 saturated carbocycles. The molecule has 0 fully saturated rings. The minimum absolute atomic E-state index is 0.0748. The predicted molar refractivity (Wildman–Crippen MR) is 124 cm³/mol. The van der Waals surface area contributed by atoms with Crippen LogP contribution in [0.2, 0.25) is 0 Å². The maximum atomic E-state index is 12.4. The second-order valence-corrected chi connectivity index (χ2v) is 8.75. The van der Waals surface area contributed by atoms with Crippen molar-refractivity contribution in [2.45, 2.75) is 32.6 Å². The van der Waals surface area contributed by atoms with Gasteiger partial charge >= 0.3 is 0 Å². The lowest BCUT2D eigenvalue weighted by molar-refractivity contribution is -0.116. The molecule has 3 rings (SSSR count). The molecule has 156 valence electrons. The number of benzene rings is 2. The summed E-state index contributed by atoms with van der Waals surface area (Å²) >= 11 is 4.94. The number of hydrogen-bond acceptors (Lipinski definition) is 5. The summed E-state index contributed by atoms with van der Waals surface area (Å²) in [5.41, 5.74) is 2.49. The number of amides is 1. The first-order valence-corrected chi connectivity index (χ1v) is 11.3. The van der Waals surface area contributed by atoms with E-state index in [9.17, 15) is 9.59 Å². The van der Waals surface area contributed by atoms with E-state index in [0.29, 0.717) is 16.4 Å². The number of hydrogen-bond donors (Lipinski definition) is 1.